The molecule has 9 nitrogen and oxygen atoms in total. The number of nitrogens with zero attached hydrogens (tertiary/aromatic N) is 5. The Kier molecular flexibility index (Phi) is 4.38. The van der Waals surface area contributed by atoms with Crippen molar-refractivity contribution in [2.24, 2.45) is 19.8 Å². The molecule has 0 bridgehead atoms. The maximum absolute atomic E-state index is 12.9. The van der Waals surface area contributed by atoms with Gasteiger partial charge >= 0.3 is 5.69 Å². The molecule has 2 N–H and O–H groups in total. The Bertz CT molecular complexity index is 1160. The summed E-state index contributed by atoms with van der Waals surface area (Å²) in [7, 11) is 3.21. The Morgan fingerprint density at radius 1 is 1.18 bits per heavy atom. The molecule has 28 heavy (non-hydrogen) atoms. The standard InChI is InChI=1S/C19H22N6O3/c1-22-11-21-17-16(22)18(27)25(19(28)23(17)2)10-15(26)24-8-13(14(20)9-24)12-6-4-3-5-7-12/h3-7,11,13-14H,8-10,20H2,1-2H3/t13-,14+/m0/s1. The number of nitrogens with two attached hydrogens (primary N) is 1. The summed E-state index contributed by atoms with van der Waals surface area (Å²) in [6.45, 7) is 0.537. The van der Waals surface area contributed by atoms with Gasteiger partial charge in [-0.1, -0.05) is 30.3 Å². The minimum absolute atomic E-state index is 0.0317. The number of likely N-dealkylation sites (tertiary alicyclic amines) is 1. The van der Waals surface area contributed by atoms with Crippen molar-refractivity contribution in [2.75, 3.05) is 13.1 Å². The smallest absolute Gasteiger partial charge is 0.332 e. The second-order valence-electron chi connectivity index (χ2n) is 7.24. The zero-order valence-electron chi connectivity index (χ0n) is 15.8. The van der Waals surface area contributed by atoms with Crippen LogP contribution in [0.5, 0.6) is 0 Å². The number of aromatic nitrogens is 4. The van der Waals surface area contributed by atoms with Crippen LogP contribution in [0.4, 0.5) is 0 Å². The van der Waals surface area contributed by atoms with Gasteiger partial charge in [0.05, 0.1) is 6.33 Å². The largest absolute Gasteiger partial charge is 0.339 e. The Hall–Kier alpha value is -3.20. The maximum atomic E-state index is 12.9. The van der Waals surface area contributed by atoms with Gasteiger partial charge < -0.3 is 15.2 Å². The average molecular weight is 382 g/mol. The molecule has 1 aliphatic heterocycles. The van der Waals surface area contributed by atoms with Crippen LogP contribution in [0, 0.1) is 0 Å². The molecule has 146 valence electrons. The molecule has 0 saturated carbocycles. The van der Waals surface area contributed by atoms with Crippen LogP contribution in [0.1, 0.15) is 11.5 Å². The molecule has 1 saturated heterocycles. The molecule has 0 radical (unpaired) electrons. The highest BCUT2D eigenvalue weighted by atomic mass is 16.2. The van der Waals surface area contributed by atoms with Gasteiger partial charge in [-0.2, -0.15) is 0 Å². The van der Waals surface area contributed by atoms with Gasteiger partial charge in [0.15, 0.2) is 11.2 Å². The lowest BCUT2D eigenvalue weighted by Crippen LogP contribution is -2.44. The fourth-order valence-electron chi connectivity index (χ4n) is 3.86. The Labute approximate surface area is 160 Å². The highest BCUT2D eigenvalue weighted by Crippen LogP contribution is 2.26. The molecule has 0 unspecified atom stereocenters. The summed E-state index contributed by atoms with van der Waals surface area (Å²) in [5.41, 5.74) is 6.84. The molecule has 9 heteroatoms. The number of hydrogen-bond donors (Lipinski definition) is 1. The molecule has 1 aromatic carbocycles. The van der Waals surface area contributed by atoms with Crippen LogP contribution in [0.15, 0.2) is 46.2 Å². The van der Waals surface area contributed by atoms with E-state index in [2.05, 4.69) is 4.98 Å². The molecule has 1 aliphatic rings. The van der Waals surface area contributed by atoms with Crippen molar-refractivity contribution >= 4 is 17.1 Å². The van der Waals surface area contributed by atoms with E-state index in [-0.39, 0.29) is 29.9 Å². The number of fused-ring (bicyclic) bond motifs is 1. The number of aryl methyl sites for hydroxylation is 2. The van der Waals surface area contributed by atoms with E-state index in [9.17, 15) is 14.4 Å². The normalized spacial score (nSPS) is 19.5. The topological polar surface area (TPSA) is 108 Å². The van der Waals surface area contributed by atoms with Gasteiger partial charge in [-0.15, -0.1) is 0 Å². The van der Waals surface area contributed by atoms with Crippen molar-refractivity contribution in [3.8, 4) is 0 Å². The fraction of sp³-hybridized carbons (Fsp3) is 0.368. The van der Waals surface area contributed by atoms with E-state index in [1.54, 1.807) is 16.5 Å². The second-order valence-corrected chi connectivity index (χ2v) is 7.24. The summed E-state index contributed by atoms with van der Waals surface area (Å²) in [6.07, 6.45) is 1.47. The summed E-state index contributed by atoms with van der Waals surface area (Å²) < 4.78 is 3.80. The first kappa shape index (κ1) is 18.2. The number of rotatable bonds is 3. The second kappa shape index (κ2) is 6.75. The van der Waals surface area contributed by atoms with Gasteiger partial charge in [0.1, 0.15) is 6.54 Å². The number of hydrogen-bond acceptors (Lipinski definition) is 5. The first-order valence-corrected chi connectivity index (χ1v) is 9.07. The van der Waals surface area contributed by atoms with E-state index < -0.39 is 11.2 Å². The molecule has 4 rings (SSSR count). The van der Waals surface area contributed by atoms with Crippen LogP contribution < -0.4 is 17.0 Å². The van der Waals surface area contributed by atoms with Crippen molar-refractivity contribution in [1.29, 1.82) is 0 Å². The summed E-state index contributed by atoms with van der Waals surface area (Å²) in [6, 6.07) is 9.62. The molecule has 1 fully saturated rings. The minimum atomic E-state index is -0.562. The molecule has 3 heterocycles. The third-order valence-corrected chi connectivity index (χ3v) is 5.44. The molecule has 0 aliphatic carbocycles. The van der Waals surface area contributed by atoms with Crippen molar-refractivity contribution in [3.05, 3.63) is 63.1 Å². The van der Waals surface area contributed by atoms with Gasteiger partial charge in [0, 0.05) is 39.1 Å². The number of amides is 1. The molecular weight excluding hydrogens is 360 g/mol. The highest BCUT2D eigenvalue weighted by Gasteiger charge is 2.34. The van der Waals surface area contributed by atoms with Gasteiger partial charge in [-0.25, -0.2) is 14.3 Å². The number of carbonyl (C=O) groups is 1. The molecule has 2 aromatic heterocycles. The monoisotopic (exact) mass is 382 g/mol. The van der Waals surface area contributed by atoms with Crippen molar-refractivity contribution < 1.29 is 4.79 Å². The van der Waals surface area contributed by atoms with E-state index in [0.717, 1.165) is 10.1 Å². The lowest BCUT2D eigenvalue weighted by molar-refractivity contribution is -0.131. The number of imidazole rings is 1. The summed E-state index contributed by atoms with van der Waals surface area (Å²) in [4.78, 5) is 43.9. The zero-order valence-corrected chi connectivity index (χ0v) is 15.8. The van der Waals surface area contributed by atoms with Crippen LogP contribution in [-0.2, 0) is 25.4 Å². The van der Waals surface area contributed by atoms with Gasteiger partial charge in [0.25, 0.3) is 5.56 Å². The van der Waals surface area contributed by atoms with E-state index in [1.165, 1.54) is 17.9 Å². The number of carbonyl (C=O) groups excluding carboxylic acids is 1. The predicted molar refractivity (Wildman–Crippen MR) is 104 cm³/mol. The van der Waals surface area contributed by atoms with Crippen LogP contribution in [0.3, 0.4) is 0 Å². The van der Waals surface area contributed by atoms with Gasteiger partial charge in [-0.05, 0) is 5.56 Å². The van der Waals surface area contributed by atoms with Crippen molar-refractivity contribution in [1.82, 2.24) is 23.6 Å². The molecule has 2 atom stereocenters. The first-order valence-electron chi connectivity index (χ1n) is 9.07. The minimum Gasteiger partial charge on any atom is -0.339 e. The zero-order chi connectivity index (χ0) is 20.0. The fourth-order valence-corrected chi connectivity index (χ4v) is 3.86. The quantitative estimate of drug-likeness (QED) is 0.650. The van der Waals surface area contributed by atoms with E-state index in [0.29, 0.717) is 18.7 Å². The first-order chi connectivity index (χ1) is 13.4. The Morgan fingerprint density at radius 3 is 2.61 bits per heavy atom. The highest BCUT2D eigenvalue weighted by molar-refractivity contribution is 5.77. The van der Waals surface area contributed by atoms with Gasteiger partial charge in [-0.3, -0.25) is 14.2 Å². The summed E-state index contributed by atoms with van der Waals surface area (Å²) in [5.74, 6) is -0.265. The van der Waals surface area contributed by atoms with Crippen LogP contribution in [0.25, 0.3) is 11.2 Å². The lowest BCUT2D eigenvalue weighted by atomic mass is 9.95. The van der Waals surface area contributed by atoms with Crippen molar-refractivity contribution in [2.45, 2.75) is 18.5 Å². The van der Waals surface area contributed by atoms with Gasteiger partial charge in [0.2, 0.25) is 5.91 Å². The summed E-state index contributed by atoms with van der Waals surface area (Å²) in [5, 5.41) is 0. The SMILES string of the molecule is Cn1cnc2c1c(=O)n(CC(=O)N1C[C@@H](N)[C@H](c3ccccc3)C1)c(=O)n2C. The summed E-state index contributed by atoms with van der Waals surface area (Å²) >= 11 is 0. The maximum Gasteiger partial charge on any atom is 0.332 e. The molecular formula is C19H22N6O3. The third-order valence-electron chi connectivity index (χ3n) is 5.44. The Morgan fingerprint density at radius 2 is 1.89 bits per heavy atom. The van der Waals surface area contributed by atoms with Crippen LogP contribution in [0.2, 0.25) is 0 Å². The molecule has 1 amide bonds. The average Bonchev–Trinajstić information content (AvgIpc) is 3.27. The Balaban J connectivity index is 1.62. The van der Waals surface area contributed by atoms with E-state index in [1.807, 2.05) is 30.3 Å². The van der Waals surface area contributed by atoms with E-state index >= 15 is 0 Å². The van der Waals surface area contributed by atoms with Crippen LogP contribution >= 0.6 is 0 Å². The van der Waals surface area contributed by atoms with Crippen molar-refractivity contribution in [3.63, 3.8) is 0 Å². The van der Waals surface area contributed by atoms with E-state index in [4.69, 9.17) is 5.73 Å². The molecule has 0 spiro atoms. The third kappa shape index (κ3) is 2.84. The van der Waals surface area contributed by atoms with Crippen LogP contribution in [-0.4, -0.2) is 48.6 Å². The predicted octanol–water partition coefficient (Wildman–Crippen LogP) is -0.613. The number of benzene rings is 1. The lowest BCUT2D eigenvalue weighted by Gasteiger charge is -2.17. The molecule has 3 aromatic rings.